The number of halogens is 1. The monoisotopic (exact) mass is 336 g/mol. The van der Waals surface area contributed by atoms with Crippen molar-refractivity contribution in [1.82, 2.24) is 4.90 Å². The van der Waals surface area contributed by atoms with Gasteiger partial charge in [0.15, 0.2) is 0 Å². The van der Waals surface area contributed by atoms with Crippen LogP contribution in [0.15, 0.2) is 18.2 Å². The number of anilines is 1. The highest BCUT2D eigenvalue weighted by molar-refractivity contribution is 6.31. The molecule has 23 heavy (non-hydrogen) atoms. The number of amides is 2. The van der Waals surface area contributed by atoms with Crippen LogP contribution in [-0.4, -0.2) is 40.0 Å². The normalized spacial score (nSPS) is 26.2. The summed E-state index contributed by atoms with van der Waals surface area (Å²) in [6, 6.07) is 5.45. The zero-order valence-corrected chi connectivity index (χ0v) is 13.8. The molecule has 124 valence electrons. The van der Waals surface area contributed by atoms with Gasteiger partial charge in [-0.15, -0.1) is 0 Å². The Morgan fingerprint density at radius 3 is 2.61 bits per heavy atom. The smallest absolute Gasteiger partial charge is 0.233 e. The number of fused-ring (bicyclic) bond motifs is 2. The van der Waals surface area contributed by atoms with E-state index < -0.39 is 0 Å². The van der Waals surface area contributed by atoms with Gasteiger partial charge in [0.25, 0.3) is 0 Å². The molecule has 5 nitrogen and oxygen atoms in total. The van der Waals surface area contributed by atoms with Crippen LogP contribution in [0.3, 0.4) is 0 Å². The topological polar surface area (TPSA) is 69.6 Å². The van der Waals surface area contributed by atoms with Gasteiger partial charge in [0, 0.05) is 22.8 Å². The number of benzene rings is 1. The predicted molar refractivity (Wildman–Crippen MR) is 88.3 cm³/mol. The molecule has 3 atom stereocenters. The number of carbonyl (C=O) groups excluding carboxylic acids is 2. The zero-order valence-electron chi connectivity index (χ0n) is 13.1. The summed E-state index contributed by atoms with van der Waals surface area (Å²) < 4.78 is 0. The Kier molecular flexibility index (Phi) is 4.60. The summed E-state index contributed by atoms with van der Waals surface area (Å²) in [5.74, 6) is -0.479. The fourth-order valence-electron chi connectivity index (χ4n) is 3.72. The standard InChI is InChI=1S/C17H21ClN2O3/c1-10-14(18)3-2-4-15(10)19-16(22)9-17(23)20-11-5-6-12(20)8-13(21)7-11/h2-4,11-13,21H,5-9H2,1H3,(H,19,22)/t11-,12+,13?. The minimum atomic E-state index is -0.328. The largest absolute Gasteiger partial charge is 0.393 e. The Balaban J connectivity index is 1.62. The van der Waals surface area contributed by atoms with Crippen molar-refractivity contribution in [2.75, 3.05) is 5.32 Å². The molecular weight excluding hydrogens is 316 g/mol. The van der Waals surface area contributed by atoms with Gasteiger partial charge >= 0.3 is 0 Å². The van der Waals surface area contributed by atoms with Crippen LogP contribution in [0.4, 0.5) is 5.69 Å². The first kappa shape index (κ1) is 16.3. The number of rotatable bonds is 3. The molecular formula is C17H21ClN2O3. The molecule has 2 aliphatic rings. The summed E-state index contributed by atoms with van der Waals surface area (Å²) in [6.07, 6.45) is 2.59. The van der Waals surface area contributed by atoms with Crippen LogP contribution in [0.1, 0.15) is 37.7 Å². The molecule has 2 amide bonds. The molecule has 2 aliphatic heterocycles. The summed E-state index contributed by atoms with van der Waals surface area (Å²) >= 11 is 6.03. The van der Waals surface area contributed by atoms with Crippen LogP contribution < -0.4 is 5.32 Å². The average molecular weight is 337 g/mol. The van der Waals surface area contributed by atoms with E-state index in [0.717, 1.165) is 18.4 Å². The van der Waals surface area contributed by atoms with Crippen LogP contribution in [0.5, 0.6) is 0 Å². The maximum atomic E-state index is 12.5. The van der Waals surface area contributed by atoms with E-state index in [2.05, 4.69) is 5.32 Å². The molecule has 2 bridgehead atoms. The molecule has 3 rings (SSSR count). The predicted octanol–water partition coefficient (Wildman–Crippen LogP) is 2.49. The number of piperidine rings is 1. The first-order valence-electron chi connectivity index (χ1n) is 8.00. The van der Waals surface area contributed by atoms with Crippen LogP contribution in [0, 0.1) is 6.92 Å². The van der Waals surface area contributed by atoms with E-state index in [-0.39, 0.29) is 36.4 Å². The number of hydrogen-bond acceptors (Lipinski definition) is 3. The Bertz CT molecular complexity index is 620. The van der Waals surface area contributed by atoms with Gasteiger partial charge in [0.2, 0.25) is 11.8 Å². The van der Waals surface area contributed by atoms with E-state index >= 15 is 0 Å². The van der Waals surface area contributed by atoms with Crippen LogP contribution in [0.2, 0.25) is 5.02 Å². The minimum absolute atomic E-state index is 0.0805. The van der Waals surface area contributed by atoms with Crippen molar-refractivity contribution < 1.29 is 14.7 Å². The fourth-order valence-corrected chi connectivity index (χ4v) is 3.90. The van der Waals surface area contributed by atoms with Gasteiger partial charge in [-0.25, -0.2) is 0 Å². The highest BCUT2D eigenvalue weighted by Gasteiger charge is 2.42. The van der Waals surface area contributed by atoms with E-state index in [4.69, 9.17) is 11.6 Å². The second-order valence-electron chi connectivity index (χ2n) is 6.45. The number of nitrogens with one attached hydrogen (secondary N) is 1. The molecule has 0 aromatic heterocycles. The molecule has 2 N–H and O–H groups in total. The third-order valence-corrected chi connectivity index (χ3v) is 5.26. The SMILES string of the molecule is Cc1c(Cl)cccc1NC(=O)CC(=O)N1[C@@H]2CC[C@H]1CC(O)C2. The highest BCUT2D eigenvalue weighted by Crippen LogP contribution is 2.36. The van der Waals surface area contributed by atoms with Crippen molar-refractivity contribution >= 4 is 29.1 Å². The van der Waals surface area contributed by atoms with Gasteiger partial charge in [0.05, 0.1) is 6.10 Å². The molecule has 2 fully saturated rings. The summed E-state index contributed by atoms with van der Waals surface area (Å²) in [4.78, 5) is 26.5. The van der Waals surface area contributed by atoms with Crippen molar-refractivity contribution in [3.8, 4) is 0 Å². The minimum Gasteiger partial charge on any atom is -0.393 e. The highest BCUT2D eigenvalue weighted by atomic mass is 35.5. The number of hydrogen-bond donors (Lipinski definition) is 2. The van der Waals surface area contributed by atoms with Gasteiger partial charge < -0.3 is 15.3 Å². The lowest BCUT2D eigenvalue weighted by Gasteiger charge is -2.37. The van der Waals surface area contributed by atoms with Crippen molar-refractivity contribution in [2.45, 2.75) is 57.2 Å². The van der Waals surface area contributed by atoms with E-state index in [1.807, 2.05) is 11.8 Å². The lowest BCUT2D eigenvalue weighted by Crippen LogP contribution is -2.48. The molecule has 0 spiro atoms. The van der Waals surface area contributed by atoms with Gasteiger partial charge in [-0.1, -0.05) is 17.7 Å². The summed E-state index contributed by atoms with van der Waals surface area (Å²) in [5, 5.41) is 13.1. The molecule has 2 heterocycles. The number of nitrogens with zero attached hydrogens (tertiary/aromatic N) is 1. The first-order chi connectivity index (χ1) is 11.0. The second-order valence-corrected chi connectivity index (χ2v) is 6.86. The third kappa shape index (κ3) is 3.35. The lowest BCUT2D eigenvalue weighted by molar-refractivity contribution is -0.139. The molecule has 0 radical (unpaired) electrons. The van der Waals surface area contributed by atoms with Gasteiger partial charge in [-0.2, -0.15) is 0 Å². The van der Waals surface area contributed by atoms with Crippen molar-refractivity contribution in [2.24, 2.45) is 0 Å². The van der Waals surface area contributed by atoms with Crippen LogP contribution >= 0.6 is 11.6 Å². The van der Waals surface area contributed by atoms with Crippen molar-refractivity contribution in [3.05, 3.63) is 28.8 Å². The summed E-state index contributed by atoms with van der Waals surface area (Å²) in [7, 11) is 0. The van der Waals surface area contributed by atoms with Crippen LogP contribution in [0.25, 0.3) is 0 Å². The first-order valence-corrected chi connectivity index (χ1v) is 8.37. The Morgan fingerprint density at radius 1 is 1.30 bits per heavy atom. The Morgan fingerprint density at radius 2 is 1.96 bits per heavy atom. The quantitative estimate of drug-likeness (QED) is 0.833. The molecule has 1 aromatic carbocycles. The maximum Gasteiger partial charge on any atom is 0.233 e. The average Bonchev–Trinajstić information content (AvgIpc) is 2.76. The number of aliphatic hydroxyl groups excluding tert-OH is 1. The van der Waals surface area contributed by atoms with Gasteiger partial charge in [0.1, 0.15) is 6.42 Å². The Labute approximate surface area is 140 Å². The van der Waals surface area contributed by atoms with E-state index in [1.165, 1.54) is 0 Å². The lowest BCUT2D eigenvalue weighted by atomic mass is 9.99. The summed E-state index contributed by atoms with van der Waals surface area (Å²) in [5.41, 5.74) is 1.42. The van der Waals surface area contributed by atoms with Gasteiger partial charge in [-0.3, -0.25) is 9.59 Å². The van der Waals surface area contributed by atoms with Crippen molar-refractivity contribution in [1.29, 1.82) is 0 Å². The second kappa shape index (κ2) is 6.49. The Hall–Kier alpha value is -1.59. The summed E-state index contributed by atoms with van der Waals surface area (Å²) in [6.45, 7) is 1.83. The van der Waals surface area contributed by atoms with E-state index in [1.54, 1.807) is 18.2 Å². The number of carbonyl (C=O) groups is 2. The molecule has 2 saturated heterocycles. The maximum absolute atomic E-state index is 12.5. The molecule has 1 unspecified atom stereocenters. The molecule has 0 saturated carbocycles. The molecule has 6 heteroatoms. The number of aliphatic hydroxyl groups is 1. The third-order valence-electron chi connectivity index (χ3n) is 4.85. The fraction of sp³-hybridized carbons (Fsp3) is 0.529. The van der Waals surface area contributed by atoms with E-state index in [9.17, 15) is 14.7 Å². The van der Waals surface area contributed by atoms with E-state index in [0.29, 0.717) is 23.6 Å². The molecule has 1 aromatic rings. The van der Waals surface area contributed by atoms with Crippen LogP contribution in [-0.2, 0) is 9.59 Å². The molecule has 0 aliphatic carbocycles. The zero-order chi connectivity index (χ0) is 16.6. The van der Waals surface area contributed by atoms with Crippen molar-refractivity contribution in [3.63, 3.8) is 0 Å². The van der Waals surface area contributed by atoms with Gasteiger partial charge in [-0.05, 0) is 50.3 Å².